The lowest BCUT2D eigenvalue weighted by atomic mass is 9.91. The Labute approximate surface area is 351 Å². The van der Waals surface area contributed by atoms with Crippen molar-refractivity contribution in [2.45, 2.75) is 90.4 Å². The van der Waals surface area contributed by atoms with Crippen molar-refractivity contribution in [3.8, 4) is 28.7 Å². The minimum atomic E-state index is -2.32. The highest BCUT2D eigenvalue weighted by Gasteiger charge is 2.44. The van der Waals surface area contributed by atoms with Gasteiger partial charge in [-0.2, -0.15) is 0 Å². The van der Waals surface area contributed by atoms with E-state index in [-0.39, 0.29) is 11.1 Å². The van der Waals surface area contributed by atoms with Gasteiger partial charge < -0.3 is 28.1 Å². The van der Waals surface area contributed by atoms with Crippen LogP contribution in [0.5, 0.6) is 28.7 Å². The molecule has 0 spiro atoms. The van der Waals surface area contributed by atoms with Crippen molar-refractivity contribution in [3.05, 3.63) is 197 Å². The van der Waals surface area contributed by atoms with E-state index in [0.717, 1.165) is 50.4 Å². The number of hydrogen-bond donors (Lipinski definition) is 0. The lowest BCUT2D eigenvalue weighted by molar-refractivity contribution is 0.0264. The van der Waals surface area contributed by atoms with E-state index in [4.69, 9.17) is 28.1 Å². The molecule has 1 aliphatic rings. The van der Waals surface area contributed by atoms with Crippen LogP contribution in [0.2, 0.25) is 18.1 Å². The van der Waals surface area contributed by atoms with Gasteiger partial charge in [-0.15, -0.1) is 6.58 Å². The molecule has 0 bridgehead atoms. The van der Waals surface area contributed by atoms with E-state index in [0.29, 0.717) is 56.5 Å². The van der Waals surface area contributed by atoms with Gasteiger partial charge in [-0.25, -0.2) is 0 Å². The fraction of sp³-hybridized carbons (Fsp3) is 0.269. The molecule has 1 aliphatic heterocycles. The molecule has 7 heteroatoms. The van der Waals surface area contributed by atoms with Gasteiger partial charge in [0.15, 0.2) is 19.8 Å². The van der Waals surface area contributed by atoms with Crippen LogP contribution >= 0.6 is 0 Å². The second kappa shape index (κ2) is 18.9. The highest BCUT2D eigenvalue weighted by molar-refractivity contribution is 6.74. The average Bonchev–Trinajstić information content (AvgIpc) is 3.25. The third kappa shape index (κ3) is 10.5. The first-order chi connectivity index (χ1) is 28.6. The van der Waals surface area contributed by atoms with Gasteiger partial charge in [-0.05, 0) is 64.5 Å². The summed E-state index contributed by atoms with van der Waals surface area (Å²) >= 11 is 0. The maximum absolute atomic E-state index is 7.36. The van der Waals surface area contributed by atoms with Crippen molar-refractivity contribution in [3.63, 3.8) is 0 Å². The van der Waals surface area contributed by atoms with Crippen molar-refractivity contribution < 1.29 is 28.1 Å². The SMILES string of the molecule is C=CCc1c(OCc2ccccc2)cc(OCc2ccccc2)c2c1O[C@H](c1ccc(OCc3ccccc3)c(OCc3ccccc3)c1)[C@@H](O[Si](C)(C)C(C)(C)C)C2. The third-order valence-corrected chi connectivity index (χ3v) is 15.7. The van der Waals surface area contributed by atoms with Gasteiger partial charge >= 0.3 is 0 Å². The van der Waals surface area contributed by atoms with E-state index in [1.165, 1.54) is 0 Å². The number of rotatable bonds is 17. The summed E-state index contributed by atoms with van der Waals surface area (Å²) in [6, 6.07) is 49.0. The number of hydrogen-bond acceptors (Lipinski definition) is 6. The van der Waals surface area contributed by atoms with E-state index in [1.807, 2.05) is 91.0 Å². The molecule has 0 N–H and O–H groups in total. The Morgan fingerprint density at radius 2 is 1.05 bits per heavy atom. The summed E-state index contributed by atoms with van der Waals surface area (Å²) in [5.74, 6) is 3.47. The van der Waals surface area contributed by atoms with Gasteiger partial charge in [0.1, 0.15) is 49.8 Å². The van der Waals surface area contributed by atoms with Gasteiger partial charge in [0.25, 0.3) is 0 Å². The highest BCUT2D eigenvalue weighted by Crippen LogP contribution is 2.50. The van der Waals surface area contributed by atoms with Gasteiger partial charge in [-0.1, -0.05) is 154 Å². The standard InChI is InChI=1S/C52H56O6Si/c1-7-20-43-46(54-35-39-23-14-9-15-24-39)33-47(55-36-40-25-16-10-17-26-40)44-32-49(58-59(5,6)52(2,3)4)50(57-51(43)44)42-29-30-45(53-34-38-21-12-8-13-22-38)48(31-42)56-37-41-27-18-11-19-28-41/h7-19,21-31,33,49-50H,1,20,32,34-37H2,2-6H3/t49-,50+/m0/s1. The van der Waals surface area contributed by atoms with Crippen LogP contribution in [0.15, 0.2) is 158 Å². The molecule has 0 saturated heterocycles. The molecule has 0 unspecified atom stereocenters. The molecule has 2 atom stereocenters. The van der Waals surface area contributed by atoms with Crippen LogP contribution in [0.3, 0.4) is 0 Å². The second-order valence-corrected chi connectivity index (χ2v) is 21.4. The quantitative estimate of drug-likeness (QED) is 0.0676. The fourth-order valence-electron chi connectivity index (χ4n) is 6.96. The average molecular weight is 805 g/mol. The van der Waals surface area contributed by atoms with Gasteiger partial charge in [0.2, 0.25) is 0 Å². The summed E-state index contributed by atoms with van der Waals surface area (Å²) in [7, 11) is -2.32. The zero-order valence-electron chi connectivity index (χ0n) is 35.0. The summed E-state index contributed by atoms with van der Waals surface area (Å²) in [5, 5.41) is -0.0350. The molecule has 7 rings (SSSR count). The fourth-order valence-corrected chi connectivity index (χ4v) is 8.27. The molecule has 0 aromatic heterocycles. The zero-order valence-corrected chi connectivity index (χ0v) is 36.0. The molecule has 6 aromatic carbocycles. The summed E-state index contributed by atoms with van der Waals surface area (Å²) in [6.45, 7) is 17.1. The summed E-state index contributed by atoms with van der Waals surface area (Å²) in [6.07, 6.45) is 2.22. The zero-order chi connectivity index (χ0) is 41.2. The Morgan fingerprint density at radius 3 is 1.53 bits per heavy atom. The van der Waals surface area contributed by atoms with Crippen LogP contribution in [-0.4, -0.2) is 14.4 Å². The third-order valence-electron chi connectivity index (χ3n) is 11.2. The lowest BCUT2D eigenvalue weighted by Gasteiger charge is -2.44. The van der Waals surface area contributed by atoms with E-state index >= 15 is 0 Å². The van der Waals surface area contributed by atoms with Crippen LogP contribution in [0, 0.1) is 0 Å². The largest absolute Gasteiger partial charge is 0.488 e. The Bertz CT molecular complexity index is 2270. The number of ether oxygens (including phenoxy) is 5. The first kappa shape index (κ1) is 41.4. The van der Waals surface area contributed by atoms with Crippen LogP contribution < -0.4 is 23.7 Å². The van der Waals surface area contributed by atoms with E-state index in [9.17, 15) is 0 Å². The van der Waals surface area contributed by atoms with Gasteiger partial charge in [0.05, 0.1) is 6.10 Å². The molecule has 59 heavy (non-hydrogen) atoms. The highest BCUT2D eigenvalue weighted by atomic mass is 28.4. The Morgan fingerprint density at radius 1 is 0.593 bits per heavy atom. The molecular weight excluding hydrogens is 749 g/mol. The maximum atomic E-state index is 7.36. The molecule has 0 saturated carbocycles. The minimum Gasteiger partial charge on any atom is -0.488 e. The Kier molecular flexibility index (Phi) is 13.2. The van der Waals surface area contributed by atoms with Gasteiger partial charge in [0, 0.05) is 23.6 Å². The first-order valence-corrected chi connectivity index (χ1v) is 23.4. The predicted octanol–water partition coefficient (Wildman–Crippen LogP) is 12.8. The molecule has 304 valence electrons. The molecule has 0 fully saturated rings. The summed E-state index contributed by atoms with van der Waals surface area (Å²) in [5.41, 5.74) is 7.11. The van der Waals surface area contributed by atoms with Crippen molar-refractivity contribution in [2.75, 3.05) is 0 Å². The monoisotopic (exact) mass is 804 g/mol. The van der Waals surface area contributed by atoms with Crippen LogP contribution in [0.4, 0.5) is 0 Å². The van der Waals surface area contributed by atoms with Crippen LogP contribution in [0.25, 0.3) is 0 Å². The minimum absolute atomic E-state index is 0.0350. The molecule has 0 radical (unpaired) electrons. The molecule has 6 nitrogen and oxygen atoms in total. The molecule has 1 heterocycles. The first-order valence-electron chi connectivity index (χ1n) is 20.5. The predicted molar refractivity (Wildman–Crippen MR) is 239 cm³/mol. The molecule has 0 amide bonds. The number of benzene rings is 6. The smallest absolute Gasteiger partial charge is 0.192 e. The maximum Gasteiger partial charge on any atom is 0.192 e. The number of allylic oxidation sites excluding steroid dienone is 1. The van der Waals surface area contributed by atoms with Crippen LogP contribution in [-0.2, 0) is 43.7 Å². The van der Waals surface area contributed by atoms with Crippen molar-refractivity contribution in [1.82, 2.24) is 0 Å². The summed E-state index contributed by atoms with van der Waals surface area (Å²) < 4.78 is 41.1. The Hall–Kier alpha value is -5.76. The molecule has 0 aliphatic carbocycles. The van der Waals surface area contributed by atoms with E-state index in [1.54, 1.807) is 0 Å². The Balaban J connectivity index is 1.32. The molecular formula is C52H56O6Si. The van der Waals surface area contributed by atoms with E-state index in [2.05, 4.69) is 101 Å². The lowest BCUT2D eigenvalue weighted by Crippen LogP contribution is -2.48. The van der Waals surface area contributed by atoms with Crippen LogP contribution in [0.1, 0.15) is 65.8 Å². The van der Waals surface area contributed by atoms with Crippen molar-refractivity contribution in [2.24, 2.45) is 0 Å². The topological polar surface area (TPSA) is 55.4 Å². The normalized spacial score (nSPS) is 15.1. The second-order valence-electron chi connectivity index (χ2n) is 16.6. The van der Waals surface area contributed by atoms with E-state index < -0.39 is 14.4 Å². The number of fused-ring (bicyclic) bond motifs is 1. The molecule has 6 aromatic rings. The van der Waals surface area contributed by atoms with Crippen molar-refractivity contribution >= 4 is 8.32 Å². The van der Waals surface area contributed by atoms with Gasteiger partial charge in [-0.3, -0.25) is 0 Å². The summed E-state index contributed by atoms with van der Waals surface area (Å²) in [4.78, 5) is 0. The van der Waals surface area contributed by atoms with Crippen molar-refractivity contribution in [1.29, 1.82) is 0 Å².